The maximum absolute atomic E-state index is 13.5. The molecule has 4 heteroatoms. The fourth-order valence-corrected chi connectivity index (χ4v) is 3.34. The van der Waals surface area contributed by atoms with Crippen molar-refractivity contribution in [2.24, 2.45) is 5.73 Å². The molecule has 104 valence electrons. The van der Waals surface area contributed by atoms with Gasteiger partial charge >= 0.3 is 0 Å². The van der Waals surface area contributed by atoms with Crippen molar-refractivity contribution in [2.75, 3.05) is 19.6 Å². The summed E-state index contributed by atoms with van der Waals surface area (Å²) in [5.74, 6) is -0.185. The van der Waals surface area contributed by atoms with E-state index in [2.05, 4.69) is 4.90 Å². The van der Waals surface area contributed by atoms with Gasteiger partial charge in [-0.3, -0.25) is 4.90 Å². The number of halogens is 1. The predicted molar refractivity (Wildman–Crippen MR) is 72.4 cm³/mol. The molecule has 19 heavy (non-hydrogen) atoms. The van der Waals surface area contributed by atoms with Crippen molar-refractivity contribution >= 4 is 0 Å². The first-order valence-corrected chi connectivity index (χ1v) is 7.03. The molecule has 2 fully saturated rings. The van der Waals surface area contributed by atoms with Gasteiger partial charge in [0.25, 0.3) is 0 Å². The molecule has 1 aromatic rings. The molecule has 2 saturated heterocycles. The Labute approximate surface area is 113 Å². The number of hydrogen-bond donors (Lipinski definition) is 1. The summed E-state index contributed by atoms with van der Waals surface area (Å²) in [6, 6.07) is 5.07. The fourth-order valence-electron chi connectivity index (χ4n) is 3.34. The summed E-state index contributed by atoms with van der Waals surface area (Å²) in [6.45, 7) is 4.36. The minimum atomic E-state index is -0.185. The zero-order chi connectivity index (χ0) is 13.4. The summed E-state index contributed by atoms with van der Waals surface area (Å²) in [4.78, 5) is 2.37. The van der Waals surface area contributed by atoms with E-state index in [1.54, 1.807) is 6.07 Å². The number of hydrogen-bond acceptors (Lipinski definition) is 3. The van der Waals surface area contributed by atoms with Crippen LogP contribution in [-0.2, 0) is 4.74 Å². The number of rotatable bonds is 3. The molecular weight excluding hydrogens is 243 g/mol. The highest BCUT2D eigenvalue weighted by molar-refractivity contribution is 5.30. The van der Waals surface area contributed by atoms with E-state index in [-0.39, 0.29) is 11.9 Å². The molecule has 0 radical (unpaired) electrons. The van der Waals surface area contributed by atoms with E-state index in [0.717, 1.165) is 37.1 Å². The minimum absolute atomic E-state index is 0.0997. The van der Waals surface area contributed by atoms with Crippen molar-refractivity contribution in [3.8, 4) is 0 Å². The lowest BCUT2D eigenvalue weighted by Gasteiger charge is -2.38. The third-order valence-electron chi connectivity index (χ3n) is 4.34. The SMILES string of the molecule is Cc1ccc(F)cc1C(CN)N1CC2CCC(C1)O2. The van der Waals surface area contributed by atoms with Gasteiger partial charge in [0.1, 0.15) is 5.82 Å². The summed E-state index contributed by atoms with van der Waals surface area (Å²) < 4.78 is 19.3. The van der Waals surface area contributed by atoms with E-state index in [1.165, 1.54) is 6.07 Å². The van der Waals surface area contributed by atoms with E-state index in [9.17, 15) is 4.39 Å². The first-order valence-electron chi connectivity index (χ1n) is 7.03. The van der Waals surface area contributed by atoms with Crippen LogP contribution < -0.4 is 5.73 Å². The number of nitrogens with zero attached hydrogens (tertiary/aromatic N) is 1. The Morgan fingerprint density at radius 1 is 1.37 bits per heavy atom. The van der Waals surface area contributed by atoms with Gasteiger partial charge in [0, 0.05) is 25.7 Å². The summed E-state index contributed by atoms with van der Waals surface area (Å²) in [5, 5.41) is 0. The summed E-state index contributed by atoms with van der Waals surface area (Å²) in [6.07, 6.45) is 2.95. The van der Waals surface area contributed by atoms with Gasteiger partial charge < -0.3 is 10.5 Å². The molecule has 3 atom stereocenters. The molecule has 0 aromatic heterocycles. The van der Waals surface area contributed by atoms with Crippen molar-refractivity contribution < 1.29 is 9.13 Å². The lowest BCUT2D eigenvalue weighted by Crippen LogP contribution is -2.46. The van der Waals surface area contributed by atoms with Crippen LogP contribution in [0.4, 0.5) is 4.39 Å². The van der Waals surface area contributed by atoms with Gasteiger partial charge in [-0.2, -0.15) is 0 Å². The fraction of sp³-hybridized carbons (Fsp3) is 0.600. The minimum Gasteiger partial charge on any atom is -0.372 e. The zero-order valence-corrected chi connectivity index (χ0v) is 11.3. The Balaban J connectivity index is 1.85. The topological polar surface area (TPSA) is 38.5 Å². The maximum Gasteiger partial charge on any atom is 0.123 e. The van der Waals surface area contributed by atoms with Crippen LogP contribution in [0.25, 0.3) is 0 Å². The van der Waals surface area contributed by atoms with Gasteiger partial charge in [-0.05, 0) is 43.0 Å². The van der Waals surface area contributed by atoms with Gasteiger partial charge in [0.15, 0.2) is 0 Å². The Bertz CT molecular complexity index is 453. The van der Waals surface area contributed by atoms with Crippen molar-refractivity contribution in [2.45, 2.75) is 38.0 Å². The van der Waals surface area contributed by atoms with Gasteiger partial charge in [-0.1, -0.05) is 6.07 Å². The van der Waals surface area contributed by atoms with Crippen LogP contribution in [0, 0.1) is 12.7 Å². The Morgan fingerprint density at radius 2 is 2.05 bits per heavy atom. The Morgan fingerprint density at radius 3 is 2.68 bits per heavy atom. The summed E-state index contributed by atoms with van der Waals surface area (Å²) in [5.41, 5.74) is 8.09. The largest absolute Gasteiger partial charge is 0.372 e. The summed E-state index contributed by atoms with van der Waals surface area (Å²) in [7, 11) is 0. The first-order chi connectivity index (χ1) is 9.17. The highest BCUT2D eigenvalue weighted by atomic mass is 19.1. The van der Waals surface area contributed by atoms with E-state index < -0.39 is 0 Å². The second-order valence-electron chi connectivity index (χ2n) is 5.66. The molecule has 2 N–H and O–H groups in total. The molecule has 1 aromatic carbocycles. The number of ether oxygens (including phenoxy) is 1. The number of aryl methyl sites for hydroxylation is 1. The van der Waals surface area contributed by atoms with Crippen LogP contribution in [0.1, 0.15) is 30.0 Å². The summed E-state index contributed by atoms with van der Waals surface area (Å²) >= 11 is 0. The molecule has 0 aliphatic carbocycles. The lowest BCUT2D eigenvalue weighted by molar-refractivity contribution is -0.0522. The molecule has 2 heterocycles. The number of benzene rings is 1. The van der Waals surface area contributed by atoms with Crippen LogP contribution in [0.15, 0.2) is 18.2 Å². The highest BCUT2D eigenvalue weighted by Gasteiger charge is 2.36. The molecular formula is C15H21FN2O. The average Bonchev–Trinajstić information content (AvgIpc) is 2.74. The number of fused-ring (bicyclic) bond motifs is 2. The average molecular weight is 264 g/mol. The normalized spacial score (nSPS) is 28.6. The van der Waals surface area contributed by atoms with Crippen LogP contribution >= 0.6 is 0 Å². The van der Waals surface area contributed by atoms with Crippen molar-refractivity contribution in [3.63, 3.8) is 0 Å². The molecule has 3 nitrogen and oxygen atoms in total. The highest BCUT2D eigenvalue weighted by Crippen LogP contribution is 2.32. The molecule has 0 amide bonds. The van der Waals surface area contributed by atoms with Crippen LogP contribution in [0.2, 0.25) is 0 Å². The van der Waals surface area contributed by atoms with E-state index >= 15 is 0 Å². The smallest absolute Gasteiger partial charge is 0.123 e. The standard InChI is InChI=1S/C15H21FN2O/c1-10-2-3-11(16)6-14(10)15(7-17)18-8-12-4-5-13(9-18)19-12/h2-3,6,12-13,15H,4-5,7-9,17H2,1H3. The number of nitrogens with two attached hydrogens (primary N) is 1. The molecule has 2 aliphatic rings. The van der Waals surface area contributed by atoms with Crippen molar-refractivity contribution in [1.29, 1.82) is 0 Å². The molecule has 2 aliphatic heterocycles. The molecule has 2 bridgehead atoms. The van der Waals surface area contributed by atoms with E-state index in [1.807, 2.05) is 13.0 Å². The quantitative estimate of drug-likeness (QED) is 0.907. The van der Waals surface area contributed by atoms with Gasteiger partial charge in [0.05, 0.1) is 12.2 Å². The van der Waals surface area contributed by atoms with Crippen LogP contribution in [-0.4, -0.2) is 36.7 Å². The van der Waals surface area contributed by atoms with Gasteiger partial charge in [-0.25, -0.2) is 4.39 Å². The molecule has 3 rings (SSSR count). The Kier molecular flexibility index (Phi) is 3.56. The van der Waals surface area contributed by atoms with E-state index in [0.29, 0.717) is 18.8 Å². The second kappa shape index (κ2) is 5.19. The second-order valence-corrected chi connectivity index (χ2v) is 5.66. The lowest BCUT2D eigenvalue weighted by atomic mass is 9.99. The predicted octanol–water partition coefficient (Wildman–Crippen LogP) is 2.00. The van der Waals surface area contributed by atoms with Crippen LogP contribution in [0.5, 0.6) is 0 Å². The van der Waals surface area contributed by atoms with Gasteiger partial charge in [-0.15, -0.1) is 0 Å². The third kappa shape index (κ3) is 2.53. The van der Waals surface area contributed by atoms with Crippen molar-refractivity contribution in [1.82, 2.24) is 4.90 Å². The molecule has 3 unspecified atom stereocenters. The van der Waals surface area contributed by atoms with Crippen molar-refractivity contribution in [3.05, 3.63) is 35.1 Å². The van der Waals surface area contributed by atoms with E-state index in [4.69, 9.17) is 10.5 Å². The Hall–Kier alpha value is -0.970. The maximum atomic E-state index is 13.5. The zero-order valence-electron chi connectivity index (χ0n) is 11.3. The van der Waals surface area contributed by atoms with Crippen LogP contribution in [0.3, 0.4) is 0 Å². The number of morpholine rings is 1. The number of likely N-dealkylation sites (tertiary alicyclic amines) is 1. The first kappa shape index (κ1) is 13.0. The molecule has 0 spiro atoms. The van der Waals surface area contributed by atoms with Gasteiger partial charge in [0.2, 0.25) is 0 Å². The third-order valence-corrected chi connectivity index (χ3v) is 4.34. The monoisotopic (exact) mass is 264 g/mol. The molecule has 0 saturated carbocycles.